The van der Waals surface area contributed by atoms with Gasteiger partial charge in [0.05, 0.1) is 18.4 Å². The van der Waals surface area contributed by atoms with Crippen molar-refractivity contribution in [2.45, 2.75) is 13.1 Å². The molecular weight excluding hydrogens is 439 g/mol. The number of aryl methyl sites for hydroxylation is 1. The van der Waals surface area contributed by atoms with Gasteiger partial charge in [0.25, 0.3) is 11.1 Å². The van der Waals surface area contributed by atoms with Crippen LogP contribution in [0.25, 0.3) is 39.3 Å². The van der Waals surface area contributed by atoms with Crippen LogP contribution in [-0.4, -0.2) is 21.7 Å². The molecule has 5 rings (SSSR count). The van der Waals surface area contributed by atoms with Crippen molar-refractivity contribution >= 4 is 22.4 Å². The number of aromatic amines is 2. The van der Waals surface area contributed by atoms with Crippen LogP contribution in [0.1, 0.15) is 11.4 Å². The van der Waals surface area contributed by atoms with E-state index in [4.69, 9.17) is 14.9 Å². The van der Waals surface area contributed by atoms with Crippen molar-refractivity contribution in [3.05, 3.63) is 64.2 Å². The first-order valence-corrected chi connectivity index (χ1v) is 9.76. The number of aromatic nitrogens is 4. The normalized spacial score (nSPS) is 12.0. The summed E-state index contributed by atoms with van der Waals surface area (Å²) in [6.07, 6.45) is -4.74. The number of H-pyrrole nitrogens is 2. The number of nitrogens with zero attached hydrogens (tertiary/aromatic N) is 2. The van der Waals surface area contributed by atoms with Gasteiger partial charge in [0, 0.05) is 17.8 Å². The Labute approximate surface area is 183 Å². The number of methoxy groups -OCH3 is 1. The molecule has 0 fully saturated rings. The monoisotopic (exact) mass is 456 g/mol. The van der Waals surface area contributed by atoms with Crippen molar-refractivity contribution in [2.24, 2.45) is 0 Å². The average Bonchev–Trinajstić information content (AvgIpc) is 3.35. The van der Waals surface area contributed by atoms with E-state index in [2.05, 4.69) is 15.1 Å². The lowest BCUT2D eigenvalue weighted by Crippen LogP contribution is -2.22. The fraction of sp³-hybridized carbons (Fsp3) is 0.136. The molecule has 4 N–H and O–H groups in total. The molecule has 0 aliphatic heterocycles. The summed E-state index contributed by atoms with van der Waals surface area (Å²) in [5.74, 6) is 0.403. The number of alkyl halides is 3. The molecule has 168 valence electrons. The topological polar surface area (TPSA) is 113 Å². The first-order valence-electron chi connectivity index (χ1n) is 9.76. The van der Waals surface area contributed by atoms with E-state index in [1.165, 1.54) is 26.2 Å². The number of fused-ring (bicyclic) bond motifs is 2. The number of rotatable bonds is 3. The molecular formula is C22H17F3N5O3+. The highest BCUT2D eigenvalue weighted by atomic mass is 19.4. The van der Waals surface area contributed by atoms with Crippen molar-refractivity contribution in [1.29, 1.82) is 0 Å². The van der Waals surface area contributed by atoms with Crippen LogP contribution in [0.4, 0.5) is 18.9 Å². The number of hydrogen-bond acceptors (Lipinski definition) is 5. The van der Waals surface area contributed by atoms with Gasteiger partial charge in [-0.25, -0.2) is 4.98 Å². The van der Waals surface area contributed by atoms with Gasteiger partial charge in [-0.2, -0.15) is 22.7 Å². The number of nitrogens with two attached hydrogens (primary N) is 1. The molecule has 33 heavy (non-hydrogen) atoms. The summed E-state index contributed by atoms with van der Waals surface area (Å²) in [5.41, 5.74) is 5.25. The third-order valence-electron chi connectivity index (χ3n) is 5.29. The van der Waals surface area contributed by atoms with Gasteiger partial charge in [0.15, 0.2) is 17.0 Å². The second-order valence-corrected chi connectivity index (χ2v) is 7.41. The maximum Gasteiger partial charge on any atom is 0.433 e. The fourth-order valence-corrected chi connectivity index (χ4v) is 3.86. The summed E-state index contributed by atoms with van der Waals surface area (Å²) in [5, 5.41) is 2.19. The SMILES string of the molecule is COc1cc(N)cc2oc(-c3c(C)nc4c(-c5ccccc5)c(C(F)(F)F)[nH]n4c3=O)[nH+]c12. The van der Waals surface area contributed by atoms with E-state index in [9.17, 15) is 18.0 Å². The van der Waals surface area contributed by atoms with Crippen LogP contribution < -0.4 is 21.0 Å². The van der Waals surface area contributed by atoms with Crippen molar-refractivity contribution in [3.63, 3.8) is 0 Å². The highest BCUT2D eigenvalue weighted by molar-refractivity contribution is 5.83. The first kappa shape index (κ1) is 20.6. The molecule has 2 aromatic carbocycles. The van der Waals surface area contributed by atoms with Gasteiger partial charge in [-0.15, -0.1) is 0 Å². The molecule has 0 spiro atoms. The molecule has 0 aliphatic carbocycles. The molecule has 0 radical (unpaired) electrons. The molecule has 11 heteroatoms. The van der Waals surface area contributed by atoms with Crippen LogP contribution in [0.5, 0.6) is 5.75 Å². The van der Waals surface area contributed by atoms with Gasteiger partial charge in [0.2, 0.25) is 5.58 Å². The summed E-state index contributed by atoms with van der Waals surface area (Å²) < 4.78 is 53.4. The molecule has 3 aromatic heterocycles. The van der Waals surface area contributed by atoms with E-state index in [0.29, 0.717) is 22.5 Å². The van der Waals surface area contributed by atoms with Crippen LogP contribution in [0.2, 0.25) is 0 Å². The Hall–Kier alpha value is -4.28. The number of nitrogen functional groups attached to an aromatic ring is 1. The van der Waals surface area contributed by atoms with Gasteiger partial charge < -0.3 is 14.9 Å². The fourth-order valence-electron chi connectivity index (χ4n) is 3.86. The zero-order chi connectivity index (χ0) is 23.5. The maximum absolute atomic E-state index is 13.9. The number of halogens is 3. The lowest BCUT2D eigenvalue weighted by molar-refractivity contribution is -0.339. The highest BCUT2D eigenvalue weighted by Gasteiger charge is 2.39. The first-order chi connectivity index (χ1) is 15.7. The predicted octanol–water partition coefficient (Wildman–Crippen LogP) is 3.83. The van der Waals surface area contributed by atoms with E-state index in [1.807, 2.05) is 0 Å². The molecule has 0 amide bonds. The minimum atomic E-state index is -4.74. The Morgan fingerprint density at radius 1 is 1.18 bits per heavy atom. The predicted molar refractivity (Wildman–Crippen MR) is 114 cm³/mol. The lowest BCUT2D eigenvalue weighted by atomic mass is 10.1. The van der Waals surface area contributed by atoms with E-state index >= 15 is 0 Å². The van der Waals surface area contributed by atoms with Crippen LogP contribution in [0.15, 0.2) is 51.7 Å². The smallest absolute Gasteiger partial charge is 0.433 e. The Morgan fingerprint density at radius 2 is 1.91 bits per heavy atom. The van der Waals surface area contributed by atoms with Crippen LogP contribution >= 0.6 is 0 Å². The van der Waals surface area contributed by atoms with Gasteiger partial charge in [-0.05, 0) is 12.5 Å². The van der Waals surface area contributed by atoms with Crippen molar-refractivity contribution < 1.29 is 27.3 Å². The van der Waals surface area contributed by atoms with E-state index in [1.54, 1.807) is 30.3 Å². The van der Waals surface area contributed by atoms with Crippen molar-refractivity contribution in [3.8, 4) is 28.3 Å². The molecule has 0 aliphatic rings. The highest BCUT2D eigenvalue weighted by Crippen LogP contribution is 2.38. The number of anilines is 1. The van der Waals surface area contributed by atoms with Gasteiger partial charge >= 0.3 is 12.1 Å². The molecule has 8 nitrogen and oxygen atoms in total. The summed E-state index contributed by atoms with van der Waals surface area (Å²) >= 11 is 0. The lowest BCUT2D eigenvalue weighted by Gasteiger charge is -2.07. The summed E-state index contributed by atoms with van der Waals surface area (Å²) in [6, 6.07) is 11.1. The largest absolute Gasteiger partial charge is 0.490 e. The molecule has 0 unspecified atom stereocenters. The van der Waals surface area contributed by atoms with E-state index in [0.717, 1.165) is 4.52 Å². The molecule has 0 saturated carbocycles. The third-order valence-corrected chi connectivity index (χ3v) is 5.29. The number of ether oxygens (including phenoxy) is 1. The van der Waals surface area contributed by atoms with E-state index in [-0.39, 0.29) is 33.9 Å². The second kappa shape index (κ2) is 7.12. The minimum Gasteiger partial charge on any atom is -0.490 e. The minimum absolute atomic E-state index is 0.0164. The van der Waals surface area contributed by atoms with Crippen LogP contribution in [0, 0.1) is 6.92 Å². The summed E-state index contributed by atoms with van der Waals surface area (Å²) in [4.78, 5) is 20.7. The Morgan fingerprint density at radius 3 is 2.58 bits per heavy atom. The standard InChI is InChI=1S/C22H16F3N5O3/c1-10-15(20-28-17-13(32-2)8-12(26)9-14(17)33-20)21(31)30-19(27-10)16(11-6-4-3-5-7-11)18(29-30)22(23,24)25/h3-9,29H,26H2,1-2H3/p+1. The van der Waals surface area contributed by atoms with Crippen molar-refractivity contribution in [1.82, 2.24) is 14.6 Å². The maximum atomic E-state index is 13.9. The Balaban J connectivity index is 1.82. The zero-order valence-electron chi connectivity index (χ0n) is 17.4. The van der Waals surface area contributed by atoms with Gasteiger partial charge in [-0.3, -0.25) is 9.89 Å². The quantitative estimate of drug-likeness (QED) is 0.401. The van der Waals surface area contributed by atoms with Gasteiger partial charge in [-0.1, -0.05) is 30.3 Å². The molecule has 5 aromatic rings. The number of nitrogens with one attached hydrogen (secondary N) is 2. The number of hydrogen-bond donors (Lipinski definition) is 2. The third kappa shape index (κ3) is 3.20. The Kier molecular flexibility index (Phi) is 4.45. The average molecular weight is 456 g/mol. The van der Waals surface area contributed by atoms with Crippen LogP contribution in [0.3, 0.4) is 0 Å². The molecule has 0 saturated heterocycles. The number of oxazole rings is 1. The molecule has 0 bridgehead atoms. The summed E-state index contributed by atoms with van der Waals surface area (Å²) in [7, 11) is 1.45. The van der Waals surface area contributed by atoms with Crippen LogP contribution in [-0.2, 0) is 6.18 Å². The van der Waals surface area contributed by atoms with Crippen molar-refractivity contribution in [2.75, 3.05) is 12.8 Å². The Bertz CT molecular complexity index is 1580. The van der Waals surface area contributed by atoms with E-state index < -0.39 is 17.4 Å². The van der Waals surface area contributed by atoms with Gasteiger partial charge in [0.1, 0.15) is 5.69 Å². The number of benzene rings is 2. The summed E-state index contributed by atoms with van der Waals surface area (Å²) in [6.45, 7) is 1.53. The molecule has 0 atom stereocenters. The zero-order valence-corrected chi connectivity index (χ0v) is 17.4. The molecule has 3 heterocycles. The second-order valence-electron chi connectivity index (χ2n) is 7.41.